The van der Waals surface area contributed by atoms with Crippen molar-refractivity contribution < 1.29 is 9.47 Å². The number of rotatable bonds is 7. The summed E-state index contributed by atoms with van der Waals surface area (Å²) < 4.78 is 11.0. The van der Waals surface area contributed by atoms with Crippen molar-refractivity contribution in [3.8, 4) is 11.5 Å². The summed E-state index contributed by atoms with van der Waals surface area (Å²) in [6.07, 6.45) is 2.59. The number of nitrogen functional groups attached to an aromatic ring is 1. The number of anilines is 2. The van der Waals surface area contributed by atoms with Crippen molar-refractivity contribution >= 4 is 11.4 Å². The quantitative estimate of drug-likeness (QED) is 0.601. The van der Waals surface area contributed by atoms with E-state index in [1.807, 2.05) is 36.4 Å². The van der Waals surface area contributed by atoms with E-state index in [2.05, 4.69) is 18.8 Å². The zero-order valence-corrected chi connectivity index (χ0v) is 14.0. The molecule has 3 N–H and O–H groups in total. The molecule has 0 aliphatic rings. The van der Waals surface area contributed by atoms with E-state index < -0.39 is 0 Å². The molecule has 122 valence electrons. The fourth-order valence-corrected chi connectivity index (χ4v) is 2.69. The zero-order chi connectivity index (χ0) is 16.8. The second-order valence-corrected chi connectivity index (χ2v) is 5.36. The molecule has 2 aromatic carbocycles. The number of aryl methyl sites for hydroxylation is 1. The van der Waals surface area contributed by atoms with Crippen molar-refractivity contribution in [2.75, 3.05) is 25.3 Å². The van der Waals surface area contributed by atoms with Crippen LogP contribution in [0.2, 0.25) is 0 Å². The number of hydrogen-bond donors (Lipinski definition) is 2. The minimum absolute atomic E-state index is 0.679. The number of allylic oxidation sites excluding steroid dienone is 1. The van der Waals surface area contributed by atoms with Crippen molar-refractivity contribution in [2.45, 2.75) is 19.9 Å². The van der Waals surface area contributed by atoms with Crippen LogP contribution in [0.4, 0.5) is 11.4 Å². The lowest BCUT2D eigenvalue weighted by Crippen LogP contribution is -2.08. The Kier molecular flexibility index (Phi) is 5.52. The van der Waals surface area contributed by atoms with Crippen LogP contribution in [-0.2, 0) is 13.0 Å². The molecule has 0 aliphatic heterocycles. The Morgan fingerprint density at radius 2 is 1.96 bits per heavy atom. The van der Waals surface area contributed by atoms with Gasteiger partial charge in [-0.15, -0.1) is 6.58 Å². The first-order valence-electron chi connectivity index (χ1n) is 7.54. The highest BCUT2D eigenvalue weighted by Crippen LogP contribution is 2.36. The minimum Gasteiger partial charge on any atom is -0.493 e. The predicted molar refractivity (Wildman–Crippen MR) is 96.4 cm³/mol. The van der Waals surface area contributed by atoms with Gasteiger partial charge in [0.2, 0.25) is 0 Å². The maximum atomic E-state index is 5.83. The molecule has 0 aliphatic carbocycles. The number of hydrogen-bond acceptors (Lipinski definition) is 4. The number of nitrogens with two attached hydrogens (primary N) is 1. The molecule has 0 saturated heterocycles. The molecule has 0 amide bonds. The largest absolute Gasteiger partial charge is 0.493 e. The monoisotopic (exact) mass is 312 g/mol. The fourth-order valence-electron chi connectivity index (χ4n) is 2.69. The summed E-state index contributed by atoms with van der Waals surface area (Å²) in [5, 5.41) is 3.42. The van der Waals surface area contributed by atoms with Crippen molar-refractivity contribution in [1.29, 1.82) is 0 Å². The van der Waals surface area contributed by atoms with Crippen LogP contribution in [0.3, 0.4) is 0 Å². The Labute approximate surface area is 137 Å². The second-order valence-electron chi connectivity index (χ2n) is 5.36. The van der Waals surface area contributed by atoms with Crippen LogP contribution in [0.25, 0.3) is 0 Å². The van der Waals surface area contributed by atoms with Gasteiger partial charge >= 0.3 is 0 Å². The lowest BCUT2D eigenvalue weighted by Gasteiger charge is -2.19. The highest BCUT2D eigenvalue weighted by atomic mass is 16.5. The maximum absolute atomic E-state index is 5.83. The van der Waals surface area contributed by atoms with E-state index >= 15 is 0 Å². The standard InChI is InChI=1S/C19H24N2O2/c1-5-7-16-17(12-21-15-9-6-8-14(20)11-15)13(2)10-18(22-3)19(16)23-4/h5-6,8-11,21H,1,7,12,20H2,2-4H3. The molecule has 0 saturated carbocycles. The second kappa shape index (κ2) is 7.58. The molecule has 2 aromatic rings. The third kappa shape index (κ3) is 3.77. The smallest absolute Gasteiger partial charge is 0.164 e. The first kappa shape index (κ1) is 16.7. The first-order chi connectivity index (χ1) is 11.1. The zero-order valence-electron chi connectivity index (χ0n) is 14.0. The van der Waals surface area contributed by atoms with Gasteiger partial charge in [-0.2, -0.15) is 0 Å². The van der Waals surface area contributed by atoms with Gasteiger partial charge in [0.25, 0.3) is 0 Å². The molecule has 0 bridgehead atoms. The van der Waals surface area contributed by atoms with Gasteiger partial charge in [0.1, 0.15) is 0 Å². The van der Waals surface area contributed by atoms with Gasteiger partial charge in [0, 0.05) is 23.5 Å². The van der Waals surface area contributed by atoms with Crippen LogP contribution in [0.1, 0.15) is 16.7 Å². The molecular weight excluding hydrogens is 288 g/mol. The lowest BCUT2D eigenvalue weighted by atomic mass is 9.97. The SMILES string of the molecule is C=CCc1c(CNc2cccc(N)c2)c(C)cc(OC)c1OC. The summed E-state index contributed by atoms with van der Waals surface area (Å²) in [6.45, 7) is 6.61. The molecule has 4 heteroatoms. The lowest BCUT2D eigenvalue weighted by molar-refractivity contribution is 0.351. The fraction of sp³-hybridized carbons (Fsp3) is 0.263. The van der Waals surface area contributed by atoms with Gasteiger partial charge in [-0.25, -0.2) is 0 Å². The Bertz CT molecular complexity index is 696. The molecule has 0 spiro atoms. The van der Waals surface area contributed by atoms with Crippen LogP contribution in [0.15, 0.2) is 43.0 Å². The summed E-state index contributed by atoms with van der Waals surface area (Å²) in [4.78, 5) is 0. The first-order valence-corrected chi connectivity index (χ1v) is 7.54. The van der Waals surface area contributed by atoms with E-state index in [-0.39, 0.29) is 0 Å². The number of methoxy groups -OCH3 is 2. The van der Waals surface area contributed by atoms with Gasteiger partial charge in [-0.1, -0.05) is 12.1 Å². The molecule has 0 atom stereocenters. The Balaban J connectivity index is 2.38. The number of nitrogens with one attached hydrogen (secondary N) is 1. The van der Waals surface area contributed by atoms with E-state index in [4.69, 9.17) is 15.2 Å². The van der Waals surface area contributed by atoms with Crippen LogP contribution in [0.5, 0.6) is 11.5 Å². The van der Waals surface area contributed by atoms with Crippen LogP contribution < -0.4 is 20.5 Å². The topological polar surface area (TPSA) is 56.5 Å². The van der Waals surface area contributed by atoms with Crippen molar-refractivity contribution in [3.05, 3.63) is 59.7 Å². The molecular formula is C19H24N2O2. The summed E-state index contributed by atoms with van der Waals surface area (Å²) in [5.41, 5.74) is 11.0. The normalized spacial score (nSPS) is 10.2. The molecule has 2 rings (SSSR count). The summed E-state index contributed by atoms with van der Waals surface area (Å²) in [6, 6.07) is 9.73. The van der Waals surface area contributed by atoms with E-state index in [0.717, 1.165) is 40.4 Å². The Morgan fingerprint density at radius 3 is 2.57 bits per heavy atom. The number of ether oxygens (including phenoxy) is 2. The summed E-state index contributed by atoms with van der Waals surface area (Å²) in [7, 11) is 3.31. The predicted octanol–water partition coefficient (Wildman–Crippen LogP) is 3.94. The van der Waals surface area contributed by atoms with Crippen LogP contribution in [0, 0.1) is 6.92 Å². The van der Waals surface area contributed by atoms with E-state index in [1.54, 1.807) is 14.2 Å². The number of benzene rings is 2. The molecule has 0 fully saturated rings. The maximum Gasteiger partial charge on any atom is 0.164 e. The van der Waals surface area contributed by atoms with Crippen LogP contribution >= 0.6 is 0 Å². The van der Waals surface area contributed by atoms with Gasteiger partial charge in [0.05, 0.1) is 14.2 Å². The summed E-state index contributed by atoms with van der Waals surface area (Å²) in [5.74, 6) is 1.51. The van der Waals surface area contributed by atoms with Crippen molar-refractivity contribution in [2.24, 2.45) is 0 Å². The Morgan fingerprint density at radius 1 is 1.17 bits per heavy atom. The van der Waals surface area contributed by atoms with Crippen molar-refractivity contribution in [3.63, 3.8) is 0 Å². The van der Waals surface area contributed by atoms with Crippen molar-refractivity contribution in [1.82, 2.24) is 0 Å². The Hall–Kier alpha value is -2.62. The van der Waals surface area contributed by atoms with Gasteiger partial charge < -0.3 is 20.5 Å². The molecule has 0 heterocycles. The average molecular weight is 312 g/mol. The third-order valence-corrected chi connectivity index (χ3v) is 3.81. The minimum atomic E-state index is 0.679. The molecule has 0 aromatic heterocycles. The van der Waals surface area contributed by atoms with Gasteiger partial charge in [-0.3, -0.25) is 0 Å². The van der Waals surface area contributed by atoms with E-state index in [1.165, 1.54) is 5.56 Å². The van der Waals surface area contributed by atoms with Crippen LogP contribution in [-0.4, -0.2) is 14.2 Å². The molecule has 23 heavy (non-hydrogen) atoms. The molecule has 0 radical (unpaired) electrons. The highest BCUT2D eigenvalue weighted by molar-refractivity contribution is 5.58. The highest BCUT2D eigenvalue weighted by Gasteiger charge is 2.16. The van der Waals surface area contributed by atoms with Gasteiger partial charge in [0.15, 0.2) is 11.5 Å². The third-order valence-electron chi connectivity index (χ3n) is 3.81. The van der Waals surface area contributed by atoms with E-state index in [9.17, 15) is 0 Å². The van der Waals surface area contributed by atoms with E-state index in [0.29, 0.717) is 6.54 Å². The summed E-state index contributed by atoms with van der Waals surface area (Å²) >= 11 is 0. The van der Waals surface area contributed by atoms with Gasteiger partial charge in [-0.05, 0) is 48.7 Å². The average Bonchev–Trinajstić information content (AvgIpc) is 2.54. The molecule has 0 unspecified atom stereocenters. The molecule has 4 nitrogen and oxygen atoms in total.